The van der Waals surface area contributed by atoms with E-state index < -0.39 is 0 Å². The van der Waals surface area contributed by atoms with Crippen molar-refractivity contribution in [3.05, 3.63) is 64.0 Å². The lowest BCUT2D eigenvalue weighted by Crippen LogP contribution is -2.30. The Morgan fingerprint density at radius 1 is 1.10 bits per heavy atom. The largest absolute Gasteiger partial charge is 0.496 e. The lowest BCUT2D eigenvalue weighted by atomic mass is 9.92. The van der Waals surface area contributed by atoms with E-state index in [1.807, 2.05) is 26.0 Å². The molecule has 21 heavy (non-hydrogen) atoms. The summed E-state index contributed by atoms with van der Waals surface area (Å²) in [7, 11) is 1.63. The highest BCUT2D eigenvalue weighted by molar-refractivity contribution is 5.48. The van der Waals surface area contributed by atoms with Gasteiger partial charge in [-0.25, -0.2) is 9.82 Å². The molecule has 1 unspecified atom stereocenters. The van der Waals surface area contributed by atoms with Crippen molar-refractivity contribution in [2.75, 3.05) is 7.11 Å². The molecule has 3 nitrogen and oxygen atoms in total. The third-order valence-corrected chi connectivity index (χ3v) is 3.70. The van der Waals surface area contributed by atoms with Gasteiger partial charge in [0.2, 0.25) is 0 Å². The van der Waals surface area contributed by atoms with E-state index in [0.717, 1.165) is 28.0 Å². The first-order valence-corrected chi connectivity index (χ1v) is 6.85. The summed E-state index contributed by atoms with van der Waals surface area (Å²) in [6.45, 7) is 5.75. The maximum absolute atomic E-state index is 13.8. The van der Waals surface area contributed by atoms with E-state index in [1.54, 1.807) is 20.1 Å². The minimum atomic E-state index is -0.323. The monoisotopic (exact) mass is 288 g/mol. The quantitative estimate of drug-likeness (QED) is 0.670. The number of aryl methyl sites for hydroxylation is 3. The average Bonchev–Trinajstić information content (AvgIpc) is 2.45. The Kier molecular flexibility index (Phi) is 4.60. The summed E-state index contributed by atoms with van der Waals surface area (Å²) in [5.41, 5.74) is 7.24. The number of hydrazine groups is 1. The fraction of sp³-hybridized carbons (Fsp3) is 0.294. The predicted molar refractivity (Wildman–Crippen MR) is 82.8 cm³/mol. The molecule has 0 radical (unpaired) electrons. The summed E-state index contributed by atoms with van der Waals surface area (Å²) in [5, 5.41) is 0. The van der Waals surface area contributed by atoms with Crippen molar-refractivity contribution in [3.8, 4) is 5.75 Å². The molecule has 0 aliphatic carbocycles. The average molecular weight is 288 g/mol. The van der Waals surface area contributed by atoms with Gasteiger partial charge in [-0.15, -0.1) is 0 Å². The smallest absolute Gasteiger partial charge is 0.126 e. The van der Waals surface area contributed by atoms with Gasteiger partial charge in [0, 0.05) is 5.56 Å². The second-order valence-electron chi connectivity index (χ2n) is 5.31. The molecule has 0 saturated carbocycles. The molecule has 112 valence electrons. The third-order valence-electron chi connectivity index (χ3n) is 3.70. The van der Waals surface area contributed by atoms with Crippen LogP contribution in [0.5, 0.6) is 5.75 Å². The lowest BCUT2D eigenvalue weighted by molar-refractivity contribution is 0.403. The van der Waals surface area contributed by atoms with Gasteiger partial charge < -0.3 is 4.74 Å². The fourth-order valence-electron chi connectivity index (χ4n) is 2.61. The lowest BCUT2D eigenvalue weighted by Gasteiger charge is -2.22. The second kappa shape index (κ2) is 6.24. The number of hydrogen-bond donors (Lipinski definition) is 2. The van der Waals surface area contributed by atoms with Crippen LogP contribution in [0.1, 0.15) is 33.9 Å². The molecule has 2 aromatic carbocycles. The third kappa shape index (κ3) is 3.06. The summed E-state index contributed by atoms with van der Waals surface area (Å²) in [6.07, 6.45) is 0. The van der Waals surface area contributed by atoms with Crippen LogP contribution in [0.3, 0.4) is 0 Å². The molecule has 0 fully saturated rings. The highest BCUT2D eigenvalue weighted by Gasteiger charge is 2.20. The van der Waals surface area contributed by atoms with E-state index in [4.69, 9.17) is 10.6 Å². The van der Waals surface area contributed by atoms with Crippen molar-refractivity contribution < 1.29 is 9.13 Å². The molecule has 0 aromatic heterocycles. The van der Waals surface area contributed by atoms with Crippen LogP contribution in [0.2, 0.25) is 0 Å². The summed E-state index contributed by atoms with van der Waals surface area (Å²) >= 11 is 0. The summed E-state index contributed by atoms with van der Waals surface area (Å²) < 4.78 is 19.3. The number of ether oxygens (including phenoxy) is 1. The van der Waals surface area contributed by atoms with Gasteiger partial charge in [0.05, 0.1) is 13.2 Å². The Balaban J connectivity index is 2.58. The maximum Gasteiger partial charge on any atom is 0.126 e. The van der Waals surface area contributed by atoms with Crippen LogP contribution >= 0.6 is 0 Å². The molecule has 2 aromatic rings. The molecule has 4 heteroatoms. The van der Waals surface area contributed by atoms with Crippen LogP contribution in [-0.4, -0.2) is 7.11 Å². The zero-order valence-electron chi connectivity index (χ0n) is 12.8. The standard InChI is InChI=1S/C17H21FN2O/c1-10-7-12(3)16(15(8-10)21-4)17(20-19)13-6-5-11(2)14(18)9-13/h5-9,17,20H,19H2,1-4H3. The number of methoxy groups -OCH3 is 1. The van der Waals surface area contributed by atoms with Crippen LogP contribution in [0.4, 0.5) is 4.39 Å². The van der Waals surface area contributed by atoms with E-state index in [1.165, 1.54) is 6.07 Å². The number of hydrogen-bond acceptors (Lipinski definition) is 3. The van der Waals surface area contributed by atoms with Gasteiger partial charge in [0.15, 0.2) is 0 Å². The zero-order chi connectivity index (χ0) is 15.6. The van der Waals surface area contributed by atoms with E-state index in [0.29, 0.717) is 5.56 Å². The van der Waals surface area contributed by atoms with Crippen molar-refractivity contribution >= 4 is 0 Å². The second-order valence-corrected chi connectivity index (χ2v) is 5.31. The Morgan fingerprint density at radius 3 is 2.38 bits per heavy atom. The van der Waals surface area contributed by atoms with Crippen molar-refractivity contribution in [2.45, 2.75) is 26.8 Å². The highest BCUT2D eigenvalue weighted by atomic mass is 19.1. The molecule has 0 aliphatic heterocycles. The van der Waals surface area contributed by atoms with Gasteiger partial charge in [-0.2, -0.15) is 0 Å². The summed E-state index contributed by atoms with van der Waals surface area (Å²) in [4.78, 5) is 0. The number of benzene rings is 2. The molecule has 2 rings (SSSR count). The van der Waals surface area contributed by atoms with Gasteiger partial charge in [-0.05, 0) is 55.2 Å². The number of rotatable bonds is 4. The molecular weight excluding hydrogens is 267 g/mol. The van der Waals surface area contributed by atoms with Crippen molar-refractivity contribution in [3.63, 3.8) is 0 Å². The first-order chi connectivity index (χ1) is 9.97. The zero-order valence-corrected chi connectivity index (χ0v) is 12.8. The molecule has 0 amide bonds. The molecule has 0 aliphatic rings. The topological polar surface area (TPSA) is 47.3 Å². The van der Waals surface area contributed by atoms with E-state index in [2.05, 4.69) is 11.5 Å². The number of halogens is 1. The Bertz CT molecular complexity index is 655. The van der Waals surface area contributed by atoms with E-state index in [9.17, 15) is 4.39 Å². The van der Waals surface area contributed by atoms with Crippen LogP contribution in [0, 0.1) is 26.6 Å². The Hall–Kier alpha value is -1.91. The fourth-order valence-corrected chi connectivity index (χ4v) is 2.61. The molecule has 0 heterocycles. The van der Waals surface area contributed by atoms with Crippen LogP contribution < -0.4 is 16.0 Å². The molecule has 0 spiro atoms. The SMILES string of the molecule is COc1cc(C)cc(C)c1C(NN)c1ccc(C)c(F)c1. The van der Waals surface area contributed by atoms with Gasteiger partial charge in [0.1, 0.15) is 11.6 Å². The van der Waals surface area contributed by atoms with Crippen LogP contribution in [-0.2, 0) is 0 Å². The van der Waals surface area contributed by atoms with E-state index >= 15 is 0 Å². The van der Waals surface area contributed by atoms with Gasteiger partial charge >= 0.3 is 0 Å². The van der Waals surface area contributed by atoms with Crippen molar-refractivity contribution in [1.82, 2.24) is 5.43 Å². The maximum atomic E-state index is 13.8. The Labute approximate surface area is 124 Å². The van der Waals surface area contributed by atoms with Crippen LogP contribution in [0.25, 0.3) is 0 Å². The van der Waals surface area contributed by atoms with E-state index in [-0.39, 0.29) is 11.9 Å². The van der Waals surface area contributed by atoms with Gasteiger partial charge in [-0.1, -0.05) is 18.2 Å². The Morgan fingerprint density at radius 2 is 1.81 bits per heavy atom. The van der Waals surface area contributed by atoms with Gasteiger partial charge in [0.25, 0.3) is 0 Å². The molecule has 1 atom stereocenters. The number of nitrogens with one attached hydrogen (secondary N) is 1. The van der Waals surface area contributed by atoms with Crippen LogP contribution in [0.15, 0.2) is 30.3 Å². The normalized spacial score (nSPS) is 12.3. The first kappa shape index (κ1) is 15.5. The minimum absolute atomic E-state index is 0.239. The van der Waals surface area contributed by atoms with Gasteiger partial charge in [-0.3, -0.25) is 5.84 Å². The van der Waals surface area contributed by atoms with Crippen molar-refractivity contribution in [2.24, 2.45) is 5.84 Å². The molecule has 0 bridgehead atoms. The summed E-state index contributed by atoms with van der Waals surface area (Å²) in [6, 6.07) is 8.84. The highest BCUT2D eigenvalue weighted by Crippen LogP contribution is 2.34. The molecule has 3 N–H and O–H groups in total. The van der Waals surface area contributed by atoms with Crippen molar-refractivity contribution in [1.29, 1.82) is 0 Å². The summed E-state index contributed by atoms with van der Waals surface area (Å²) in [5.74, 6) is 6.23. The first-order valence-electron chi connectivity index (χ1n) is 6.85. The minimum Gasteiger partial charge on any atom is -0.496 e. The predicted octanol–water partition coefficient (Wildman–Crippen LogP) is 3.31. The molecular formula is C17H21FN2O. The molecule has 0 saturated heterocycles. The number of nitrogens with two attached hydrogens (primary N) is 1.